The Kier molecular flexibility index (Phi) is 4.15. The maximum absolute atomic E-state index is 11.1. The molecule has 0 amide bonds. The Bertz CT molecular complexity index is 470. The Morgan fingerprint density at radius 1 is 1.71 bits per heavy atom. The first-order chi connectivity index (χ1) is 8.06. The molecule has 7 heteroatoms. The van der Waals surface area contributed by atoms with Crippen molar-refractivity contribution in [3.63, 3.8) is 0 Å². The van der Waals surface area contributed by atoms with E-state index in [1.54, 1.807) is 6.92 Å². The van der Waals surface area contributed by atoms with E-state index in [0.29, 0.717) is 0 Å². The minimum atomic E-state index is -0.932. The SMILES string of the molecule is CCOC(=O)C(O)=Cc1ccncc1[N+](=O)[O-]. The Balaban J connectivity index is 3.05. The van der Waals surface area contributed by atoms with Crippen LogP contribution in [0.2, 0.25) is 0 Å². The molecule has 0 aliphatic carbocycles. The fourth-order valence-electron chi connectivity index (χ4n) is 1.08. The first-order valence-corrected chi connectivity index (χ1v) is 4.72. The second-order valence-electron chi connectivity index (χ2n) is 2.94. The third kappa shape index (κ3) is 3.26. The number of ether oxygens (including phenoxy) is 1. The minimum Gasteiger partial charge on any atom is -0.502 e. The first-order valence-electron chi connectivity index (χ1n) is 4.72. The summed E-state index contributed by atoms with van der Waals surface area (Å²) >= 11 is 0. The van der Waals surface area contributed by atoms with Crippen LogP contribution in [0.4, 0.5) is 5.69 Å². The molecule has 0 saturated carbocycles. The number of nitrogens with zero attached hydrogens (tertiary/aromatic N) is 2. The molecule has 0 bridgehead atoms. The Morgan fingerprint density at radius 2 is 2.41 bits per heavy atom. The summed E-state index contributed by atoms with van der Waals surface area (Å²) in [4.78, 5) is 24.7. The summed E-state index contributed by atoms with van der Waals surface area (Å²) < 4.78 is 4.53. The van der Waals surface area contributed by atoms with Crippen LogP contribution in [0.15, 0.2) is 24.2 Å². The molecule has 0 fully saturated rings. The van der Waals surface area contributed by atoms with Crippen LogP contribution in [0.3, 0.4) is 0 Å². The predicted octanol–water partition coefficient (Wildman–Crippen LogP) is 1.45. The maximum Gasteiger partial charge on any atom is 0.373 e. The van der Waals surface area contributed by atoms with Crippen molar-refractivity contribution in [3.05, 3.63) is 39.9 Å². The van der Waals surface area contributed by atoms with Gasteiger partial charge in [0.1, 0.15) is 6.20 Å². The van der Waals surface area contributed by atoms with Gasteiger partial charge < -0.3 is 9.84 Å². The number of hydrogen-bond acceptors (Lipinski definition) is 6. The maximum atomic E-state index is 11.1. The standard InChI is InChI=1S/C10H10N2O5/c1-2-17-10(14)9(13)5-7-3-4-11-6-8(7)12(15)16/h3-6,13H,2H2,1H3. The number of pyridine rings is 1. The summed E-state index contributed by atoms with van der Waals surface area (Å²) in [6.07, 6.45) is 3.32. The molecule has 0 aliphatic rings. The lowest BCUT2D eigenvalue weighted by molar-refractivity contribution is -0.385. The quantitative estimate of drug-likeness (QED) is 0.280. The third-order valence-electron chi connectivity index (χ3n) is 1.81. The molecular formula is C10H10N2O5. The lowest BCUT2D eigenvalue weighted by Crippen LogP contribution is -2.07. The largest absolute Gasteiger partial charge is 0.502 e. The summed E-state index contributed by atoms with van der Waals surface area (Å²) in [6.45, 7) is 1.69. The molecular weight excluding hydrogens is 228 g/mol. The minimum absolute atomic E-state index is 0.0792. The average Bonchev–Trinajstić information content (AvgIpc) is 2.29. The van der Waals surface area contributed by atoms with E-state index in [9.17, 15) is 20.0 Å². The van der Waals surface area contributed by atoms with Crippen molar-refractivity contribution in [1.29, 1.82) is 0 Å². The summed E-state index contributed by atoms with van der Waals surface area (Å²) in [7, 11) is 0. The molecule has 0 aliphatic heterocycles. The van der Waals surface area contributed by atoms with Gasteiger partial charge in [0.2, 0.25) is 5.76 Å². The lowest BCUT2D eigenvalue weighted by Gasteiger charge is -2.00. The smallest absolute Gasteiger partial charge is 0.373 e. The van der Waals surface area contributed by atoms with Crippen molar-refractivity contribution >= 4 is 17.7 Å². The monoisotopic (exact) mass is 238 g/mol. The fourth-order valence-corrected chi connectivity index (χ4v) is 1.08. The topological polar surface area (TPSA) is 103 Å². The van der Waals surface area contributed by atoms with E-state index < -0.39 is 16.7 Å². The number of nitro groups is 1. The van der Waals surface area contributed by atoms with E-state index in [4.69, 9.17) is 0 Å². The van der Waals surface area contributed by atoms with Crippen molar-refractivity contribution in [2.75, 3.05) is 6.61 Å². The molecule has 0 atom stereocenters. The summed E-state index contributed by atoms with van der Waals surface area (Å²) in [5.41, 5.74) is -0.223. The number of aromatic nitrogens is 1. The number of aliphatic hydroxyl groups is 1. The zero-order chi connectivity index (χ0) is 12.8. The van der Waals surface area contributed by atoms with Crippen LogP contribution in [0.1, 0.15) is 12.5 Å². The van der Waals surface area contributed by atoms with Gasteiger partial charge in [-0.05, 0) is 13.0 Å². The van der Waals surface area contributed by atoms with Crippen LogP contribution in [0.25, 0.3) is 6.08 Å². The summed E-state index contributed by atoms with van der Waals surface area (Å²) in [5.74, 6) is -1.63. The number of carbonyl (C=O) groups is 1. The van der Waals surface area contributed by atoms with Crippen LogP contribution in [0.5, 0.6) is 0 Å². The number of rotatable bonds is 4. The van der Waals surface area contributed by atoms with Crippen LogP contribution < -0.4 is 0 Å². The molecule has 1 N–H and O–H groups in total. The van der Waals surface area contributed by atoms with Crippen LogP contribution in [-0.2, 0) is 9.53 Å². The summed E-state index contributed by atoms with van der Waals surface area (Å²) in [5, 5.41) is 20.0. The highest BCUT2D eigenvalue weighted by Gasteiger charge is 2.15. The molecule has 0 aromatic carbocycles. The second-order valence-corrected chi connectivity index (χ2v) is 2.94. The van der Waals surface area contributed by atoms with Gasteiger partial charge >= 0.3 is 5.97 Å². The molecule has 0 unspecified atom stereocenters. The second kappa shape index (κ2) is 5.59. The van der Waals surface area contributed by atoms with Gasteiger partial charge in [0.05, 0.1) is 17.1 Å². The normalized spacial score (nSPS) is 11.0. The van der Waals surface area contributed by atoms with E-state index in [1.807, 2.05) is 0 Å². The number of hydrogen-bond donors (Lipinski definition) is 1. The molecule has 0 saturated heterocycles. The van der Waals surface area contributed by atoms with Crippen LogP contribution >= 0.6 is 0 Å². The van der Waals surface area contributed by atoms with Crippen molar-refractivity contribution < 1.29 is 19.6 Å². The van der Waals surface area contributed by atoms with Gasteiger partial charge in [-0.1, -0.05) is 0 Å². The highest BCUT2D eigenvalue weighted by atomic mass is 16.6. The summed E-state index contributed by atoms with van der Waals surface area (Å²) in [6, 6.07) is 1.31. The fraction of sp³-hybridized carbons (Fsp3) is 0.200. The van der Waals surface area contributed by atoms with Gasteiger partial charge in [-0.2, -0.15) is 0 Å². The van der Waals surface area contributed by atoms with Crippen molar-refractivity contribution in [1.82, 2.24) is 4.98 Å². The Labute approximate surface area is 96.5 Å². The molecule has 7 nitrogen and oxygen atoms in total. The van der Waals surface area contributed by atoms with Gasteiger partial charge in [-0.25, -0.2) is 4.79 Å². The zero-order valence-corrected chi connectivity index (χ0v) is 8.99. The van der Waals surface area contributed by atoms with E-state index >= 15 is 0 Å². The Hall–Kier alpha value is -2.44. The van der Waals surface area contributed by atoms with Crippen molar-refractivity contribution in [3.8, 4) is 0 Å². The highest BCUT2D eigenvalue weighted by Crippen LogP contribution is 2.18. The predicted molar refractivity (Wildman–Crippen MR) is 58.1 cm³/mol. The van der Waals surface area contributed by atoms with Gasteiger partial charge in [0, 0.05) is 12.3 Å². The number of carbonyl (C=O) groups excluding carboxylic acids is 1. The molecule has 1 aromatic rings. The van der Waals surface area contributed by atoms with E-state index in [2.05, 4.69) is 9.72 Å². The highest BCUT2D eigenvalue weighted by molar-refractivity contribution is 5.91. The number of esters is 1. The van der Waals surface area contributed by atoms with Gasteiger partial charge in [-0.3, -0.25) is 15.1 Å². The Morgan fingerprint density at radius 3 is 3.00 bits per heavy atom. The molecule has 1 rings (SSSR count). The molecule has 0 spiro atoms. The van der Waals surface area contributed by atoms with E-state index in [0.717, 1.165) is 12.3 Å². The van der Waals surface area contributed by atoms with Gasteiger partial charge in [0.25, 0.3) is 5.69 Å². The van der Waals surface area contributed by atoms with Crippen LogP contribution in [0, 0.1) is 10.1 Å². The molecule has 0 radical (unpaired) electrons. The zero-order valence-electron chi connectivity index (χ0n) is 8.99. The first kappa shape index (κ1) is 12.6. The molecule has 1 aromatic heterocycles. The third-order valence-corrected chi connectivity index (χ3v) is 1.81. The average molecular weight is 238 g/mol. The molecule has 1 heterocycles. The molecule has 90 valence electrons. The van der Waals surface area contributed by atoms with Crippen LogP contribution in [-0.4, -0.2) is 27.6 Å². The van der Waals surface area contributed by atoms with Crippen molar-refractivity contribution in [2.24, 2.45) is 0 Å². The van der Waals surface area contributed by atoms with Gasteiger partial charge in [0.15, 0.2) is 0 Å². The lowest BCUT2D eigenvalue weighted by atomic mass is 10.2. The number of aliphatic hydroxyl groups excluding tert-OH is 1. The van der Waals surface area contributed by atoms with Crippen molar-refractivity contribution in [2.45, 2.75) is 6.92 Å². The van der Waals surface area contributed by atoms with Gasteiger partial charge in [-0.15, -0.1) is 0 Å². The van der Waals surface area contributed by atoms with E-state index in [-0.39, 0.29) is 17.9 Å². The molecule has 17 heavy (non-hydrogen) atoms. The van der Waals surface area contributed by atoms with E-state index in [1.165, 1.54) is 12.3 Å².